The zero-order valence-corrected chi connectivity index (χ0v) is 17.1. The van der Waals surface area contributed by atoms with Crippen LogP contribution < -0.4 is 4.74 Å². The van der Waals surface area contributed by atoms with Crippen LogP contribution in [0.4, 0.5) is 0 Å². The van der Waals surface area contributed by atoms with Crippen LogP contribution in [0.3, 0.4) is 0 Å². The van der Waals surface area contributed by atoms with Crippen molar-refractivity contribution in [3.63, 3.8) is 0 Å². The normalized spacial score (nSPS) is 11.8. The van der Waals surface area contributed by atoms with Gasteiger partial charge in [-0.15, -0.1) is 0 Å². The minimum absolute atomic E-state index is 0.318. The molecule has 0 unspecified atom stereocenters. The molecule has 1 heterocycles. The molecule has 0 aliphatic rings. The second-order valence-corrected chi connectivity index (χ2v) is 8.65. The highest BCUT2D eigenvalue weighted by molar-refractivity contribution is 7.90. The fourth-order valence-corrected chi connectivity index (χ4v) is 4.75. The standard InChI is InChI=1S/C22H27NO3S/c1-4-6-8-17-9-12-20(13-10-17)27(24,25)23-16-18(7-5-2)21-15-19(26-3)11-14-22(21)23/h9-16H,4-8H2,1-3H3. The average molecular weight is 386 g/mol. The second-order valence-electron chi connectivity index (χ2n) is 6.84. The topological polar surface area (TPSA) is 48.3 Å². The number of hydrogen-bond acceptors (Lipinski definition) is 3. The smallest absolute Gasteiger partial charge is 0.268 e. The Morgan fingerprint density at radius 3 is 2.33 bits per heavy atom. The van der Waals surface area contributed by atoms with Crippen LogP contribution in [0.25, 0.3) is 10.9 Å². The summed E-state index contributed by atoms with van der Waals surface area (Å²) in [5.74, 6) is 0.732. The number of benzene rings is 2. The van der Waals surface area contributed by atoms with Gasteiger partial charge in [-0.1, -0.05) is 38.8 Å². The first kappa shape index (κ1) is 19.5. The molecule has 5 heteroatoms. The number of nitrogens with zero attached hydrogens (tertiary/aromatic N) is 1. The highest BCUT2D eigenvalue weighted by Crippen LogP contribution is 2.30. The van der Waals surface area contributed by atoms with Crippen molar-refractivity contribution in [3.8, 4) is 5.75 Å². The maximum absolute atomic E-state index is 13.3. The number of methoxy groups -OCH3 is 1. The molecule has 0 aliphatic heterocycles. The van der Waals surface area contributed by atoms with Gasteiger partial charge in [0.05, 0.1) is 17.5 Å². The summed E-state index contributed by atoms with van der Waals surface area (Å²) in [6, 6.07) is 12.8. The van der Waals surface area contributed by atoms with Gasteiger partial charge in [0.1, 0.15) is 5.75 Å². The van der Waals surface area contributed by atoms with E-state index in [1.54, 1.807) is 31.5 Å². The van der Waals surface area contributed by atoms with Gasteiger partial charge >= 0.3 is 0 Å². The van der Waals surface area contributed by atoms with E-state index in [4.69, 9.17) is 4.74 Å². The van der Waals surface area contributed by atoms with Gasteiger partial charge in [0.25, 0.3) is 10.0 Å². The quantitative estimate of drug-likeness (QED) is 0.537. The summed E-state index contributed by atoms with van der Waals surface area (Å²) in [6.07, 6.45) is 6.73. The minimum Gasteiger partial charge on any atom is -0.497 e. The fraction of sp³-hybridized carbons (Fsp3) is 0.364. The van der Waals surface area contributed by atoms with Crippen LogP contribution >= 0.6 is 0 Å². The molecule has 0 atom stereocenters. The van der Waals surface area contributed by atoms with Crippen molar-refractivity contribution < 1.29 is 13.2 Å². The predicted molar refractivity (Wildman–Crippen MR) is 110 cm³/mol. The first-order valence-corrected chi connectivity index (χ1v) is 11.0. The van der Waals surface area contributed by atoms with Crippen molar-refractivity contribution in [2.45, 2.75) is 50.8 Å². The largest absolute Gasteiger partial charge is 0.497 e. The van der Waals surface area contributed by atoms with E-state index in [9.17, 15) is 8.42 Å². The van der Waals surface area contributed by atoms with Gasteiger partial charge < -0.3 is 4.74 Å². The molecule has 0 aliphatic carbocycles. The summed E-state index contributed by atoms with van der Waals surface area (Å²) in [7, 11) is -2.02. The summed E-state index contributed by atoms with van der Waals surface area (Å²) in [5.41, 5.74) is 2.88. The molecule has 3 rings (SSSR count). The van der Waals surface area contributed by atoms with E-state index in [1.807, 2.05) is 24.3 Å². The Balaban J connectivity index is 2.07. The van der Waals surface area contributed by atoms with Crippen molar-refractivity contribution in [2.75, 3.05) is 7.11 Å². The molecule has 4 nitrogen and oxygen atoms in total. The lowest BCUT2D eigenvalue weighted by molar-refractivity contribution is 0.415. The molecule has 0 saturated carbocycles. The summed E-state index contributed by atoms with van der Waals surface area (Å²) < 4.78 is 33.3. The van der Waals surface area contributed by atoms with Gasteiger partial charge in [-0.2, -0.15) is 0 Å². The molecular formula is C22H27NO3S. The Labute approximate surface area is 161 Å². The van der Waals surface area contributed by atoms with E-state index in [2.05, 4.69) is 13.8 Å². The van der Waals surface area contributed by atoms with Gasteiger partial charge in [0.15, 0.2) is 0 Å². The highest BCUT2D eigenvalue weighted by Gasteiger charge is 2.21. The number of rotatable bonds is 8. The fourth-order valence-electron chi connectivity index (χ4n) is 3.36. The molecular weight excluding hydrogens is 358 g/mol. The monoisotopic (exact) mass is 385 g/mol. The van der Waals surface area contributed by atoms with E-state index >= 15 is 0 Å². The third-order valence-corrected chi connectivity index (χ3v) is 6.57. The van der Waals surface area contributed by atoms with Crippen molar-refractivity contribution in [1.29, 1.82) is 0 Å². The zero-order chi connectivity index (χ0) is 19.4. The predicted octanol–water partition coefficient (Wildman–Crippen LogP) is 5.18. The lowest BCUT2D eigenvalue weighted by Gasteiger charge is -2.09. The molecule has 0 N–H and O–H groups in total. The zero-order valence-electron chi connectivity index (χ0n) is 16.2. The number of unbranched alkanes of at least 4 members (excludes halogenated alkanes) is 1. The molecule has 0 fully saturated rings. The Kier molecular flexibility index (Phi) is 5.90. The second kappa shape index (κ2) is 8.17. The minimum atomic E-state index is -3.64. The van der Waals surface area contributed by atoms with Crippen LogP contribution in [0.5, 0.6) is 5.75 Å². The third-order valence-electron chi connectivity index (χ3n) is 4.88. The lowest BCUT2D eigenvalue weighted by Crippen LogP contribution is -2.12. The van der Waals surface area contributed by atoms with Crippen LogP contribution in [0.2, 0.25) is 0 Å². The van der Waals surface area contributed by atoms with Crippen molar-refractivity contribution >= 4 is 20.9 Å². The van der Waals surface area contributed by atoms with Crippen molar-refractivity contribution in [1.82, 2.24) is 3.97 Å². The van der Waals surface area contributed by atoms with Crippen LogP contribution in [0.15, 0.2) is 53.6 Å². The molecule has 0 amide bonds. The molecule has 0 spiro atoms. The first-order valence-electron chi connectivity index (χ1n) is 9.53. The van der Waals surface area contributed by atoms with Gasteiger partial charge in [0, 0.05) is 11.6 Å². The lowest BCUT2D eigenvalue weighted by atomic mass is 10.1. The molecule has 2 aromatic carbocycles. The first-order chi connectivity index (χ1) is 13.0. The van der Waals surface area contributed by atoms with Crippen LogP contribution in [-0.4, -0.2) is 19.5 Å². The SMILES string of the molecule is CCCCc1ccc(S(=O)(=O)n2cc(CCC)c3cc(OC)ccc32)cc1. The maximum Gasteiger partial charge on any atom is 0.268 e. The van der Waals surface area contributed by atoms with E-state index in [1.165, 1.54) is 9.54 Å². The molecule has 1 aromatic heterocycles. The molecule has 27 heavy (non-hydrogen) atoms. The maximum atomic E-state index is 13.3. The summed E-state index contributed by atoms with van der Waals surface area (Å²) in [5, 5.41) is 0.930. The summed E-state index contributed by atoms with van der Waals surface area (Å²) in [6.45, 7) is 4.24. The van der Waals surface area contributed by atoms with E-state index in [-0.39, 0.29) is 0 Å². The molecule has 144 valence electrons. The van der Waals surface area contributed by atoms with Gasteiger partial charge in [-0.3, -0.25) is 0 Å². The van der Waals surface area contributed by atoms with Gasteiger partial charge in [0.2, 0.25) is 0 Å². The highest BCUT2D eigenvalue weighted by atomic mass is 32.2. The summed E-state index contributed by atoms with van der Waals surface area (Å²) in [4.78, 5) is 0.318. The Hall–Kier alpha value is -2.27. The number of fused-ring (bicyclic) bond motifs is 1. The van der Waals surface area contributed by atoms with Crippen molar-refractivity contribution in [3.05, 3.63) is 59.8 Å². The molecule has 0 bridgehead atoms. The van der Waals surface area contributed by atoms with E-state index < -0.39 is 10.0 Å². The van der Waals surface area contributed by atoms with E-state index in [0.29, 0.717) is 10.4 Å². The number of aryl methyl sites for hydroxylation is 2. The van der Waals surface area contributed by atoms with Gasteiger partial charge in [-0.05, 0) is 60.7 Å². The summed E-state index contributed by atoms with van der Waals surface area (Å²) >= 11 is 0. The Morgan fingerprint density at radius 1 is 0.963 bits per heavy atom. The molecule has 0 radical (unpaired) electrons. The Bertz CT molecular complexity index is 1020. The van der Waals surface area contributed by atoms with E-state index in [0.717, 1.165) is 48.8 Å². The molecule has 0 saturated heterocycles. The van der Waals surface area contributed by atoms with Crippen LogP contribution in [0, 0.1) is 0 Å². The number of hydrogen-bond donors (Lipinski definition) is 0. The number of ether oxygens (including phenoxy) is 1. The average Bonchev–Trinajstić information content (AvgIpc) is 3.05. The number of aromatic nitrogens is 1. The Morgan fingerprint density at radius 2 is 1.70 bits per heavy atom. The van der Waals surface area contributed by atoms with Crippen LogP contribution in [-0.2, 0) is 22.9 Å². The third kappa shape index (κ3) is 3.88. The van der Waals surface area contributed by atoms with Crippen molar-refractivity contribution in [2.24, 2.45) is 0 Å². The molecule has 3 aromatic rings. The van der Waals surface area contributed by atoms with Crippen LogP contribution in [0.1, 0.15) is 44.2 Å². The van der Waals surface area contributed by atoms with Gasteiger partial charge in [-0.25, -0.2) is 12.4 Å².